The van der Waals surface area contributed by atoms with E-state index < -0.39 is 12.0 Å². The van der Waals surface area contributed by atoms with E-state index in [1.54, 1.807) is 12.1 Å². The second-order valence-electron chi connectivity index (χ2n) is 3.78. The molecule has 1 unspecified atom stereocenters. The number of carbonyl (C=O) groups is 2. The topological polar surface area (TPSA) is 102 Å². The van der Waals surface area contributed by atoms with Crippen molar-refractivity contribution in [1.82, 2.24) is 5.32 Å². The van der Waals surface area contributed by atoms with Gasteiger partial charge in [0.1, 0.15) is 6.04 Å². The first-order chi connectivity index (χ1) is 8.54. The number of hydrogen-bond donors (Lipinski definition) is 3. The van der Waals surface area contributed by atoms with Crippen LogP contribution < -0.4 is 11.1 Å². The average molecular weight is 252 g/mol. The Balaban J connectivity index is 2.48. The van der Waals surface area contributed by atoms with Crippen molar-refractivity contribution in [1.29, 1.82) is 0 Å². The number of hydrogen-bond acceptors (Lipinski definition) is 4. The first-order valence-corrected chi connectivity index (χ1v) is 5.39. The number of aromatic carboxylic acids is 1. The number of nitrogens with two attached hydrogens (primary N) is 1. The fourth-order valence-corrected chi connectivity index (χ4v) is 1.34. The van der Waals surface area contributed by atoms with Crippen molar-refractivity contribution in [3.63, 3.8) is 0 Å². The van der Waals surface area contributed by atoms with Crippen LogP contribution in [0, 0.1) is 0 Å². The highest BCUT2D eigenvalue weighted by atomic mass is 16.5. The van der Waals surface area contributed by atoms with Gasteiger partial charge in [0.2, 0.25) is 5.91 Å². The minimum atomic E-state index is -0.979. The molecule has 0 radical (unpaired) electrons. The molecule has 0 saturated carbocycles. The highest BCUT2D eigenvalue weighted by Crippen LogP contribution is 2.04. The molecule has 1 atom stereocenters. The highest BCUT2D eigenvalue weighted by Gasteiger charge is 2.12. The van der Waals surface area contributed by atoms with Crippen molar-refractivity contribution >= 4 is 11.9 Å². The van der Waals surface area contributed by atoms with E-state index in [1.165, 1.54) is 19.2 Å². The number of ether oxygens (including phenoxy) is 1. The molecule has 1 amide bonds. The molecule has 18 heavy (non-hydrogen) atoms. The molecule has 0 spiro atoms. The summed E-state index contributed by atoms with van der Waals surface area (Å²) in [6, 6.07) is 5.56. The summed E-state index contributed by atoms with van der Waals surface area (Å²) >= 11 is 0. The van der Waals surface area contributed by atoms with Gasteiger partial charge in [-0.15, -0.1) is 0 Å². The van der Waals surface area contributed by atoms with E-state index in [0.717, 1.165) is 5.56 Å². The van der Waals surface area contributed by atoms with Gasteiger partial charge in [0.15, 0.2) is 0 Å². The standard InChI is InChI=1S/C12H16N2O4/c1-18-7-10(13)11(15)14-6-8-2-4-9(5-3-8)12(16)17/h2-5,10H,6-7,13H2,1H3,(H,14,15)(H,16,17). The third-order valence-corrected chi connectivity index (χ3v) is 2.35. The van der Waals surface area contributed by atoms with Crippen LogP contribution in [0.4, 0.5) is 0 Å². The lowest BCUT2D eigenvalue weighted by Crippen LogP contribution is -2.43. The first-order valence-electron chi connectivity index (χ1n) is 5.39. The van der Waals surface area contributed by atoms with Gasteiger partial charge >= 0.3 is 5.97 Å². The van der Waals surface area contributed by atoms with Gasteiger partial charge in [-0.1, -0.05) is 12.1 Å². The van der Waals surface area contributed by atoms with Crippen LogP contribution in [0.3, 0.4) is 0 Å². The molecule has 0 aliphatic rings. The van der Waals surface area contributed by atoms with Gasteiger partial charge in [0.25, 0.3) is 0 Å². The van der Waals surface area contributed by atoms with Crippen molar-refractivity contribution in [3.8, 4) is 0 Å². The number of carbonyl (C=O) groups excluding carboxylic acids is 1. The number of amides is 1. The van der Waals surface area contributed by atoms with Gasteiger partial charge < -0.3 is 20.9 Å². The van der Waals surface area contributed by atoms with Crippen LogP contribution in [-0.2, 0) is 16.1 Å². The Morgan fingerprint density at radius 3 is 2.50 bits per heavy atom. The van der Waals surface area contributed by atoms with Gasteiger partial charge in [0, 0.05) is 13.7 Å². The monoisotopic (exact) mass is 252 g/mol. The summed E-state index contributed by atoms with van der Waals surface area (Å²) in [4.78, 5) is 22.1. The Morgan fingerprint density at radius 2 is 2.00 bits per heavy atom. The zero-order valence-corrected chi connectivity index (χ0v) is 10.1. The molecular formula is C12H16N2O4. The Kier molecular flexibility index (Phi) is 5.29. The van der Waals surface area contributed by atoms with Gasteiger partial charge in [-0.05, 0) is 17.7 Å². The van der Waals surface area contributed by atoms with Crippen LogP contribution >= 0.6 is 0 Å². The third kappa shape index (κ3) is 4.15. The fraction of sp³-hybridized carbons (Fsp3) is 0.333. The van der Waals surface area contributed by atoms with Gasteiger partial charge in [-0.2, -0.15) is 0 Å². The third-order valence-electron chi connectivity index (χ3n) is 2.35. The molecule has 0 bridgehead atoms. The van der Waals surface area contributed by atoms with Crippen LogP contribution in [0.5, 0.6) is 0 Å². The summed E-state index contributed by atoms with van der Waals surface area (Å²) in [5.74, 6) is -1.29. The van der Waals surface area contributed by atoms with Crippen molar-refractivity contribution in [2.75, 3.05) is 13.7 Å². The Bertz CT molecular complexity index is 417. The minimum absolute atomic E-state index is 0.157. The lowest BCUT2D eigenvalue weighted by atomic mass is 10.1. The molecule has 4 N–H and O–H groups in total. The first kappa shape index (κ1) is 14.1. The molecule has 6 nitrogen and oxygen atoms in total. The Hall–Kier alpha value is -1.92. The van der Waals surface area contributed by atoms with Crippen LogP contribution in [0.2, 0.25) is 0 Å². The number of carboxylic acids is 1. The molecule has 0 fully saturated rings. The van der Waals surface area contributed by atoms with Crippen LogP contribution in [0.15, 0.2) is 24.3 Å². The SMILES string of the molecule is COCC(N)C(=O)NCc1ccc(C(=O)O)cc1. The summed E-state index contributed by atoms with van der Waals surface area (Å²) in [5, 5.41) is 11.4. The molecule has 1 aromatic rings. The Labute approximate surface area is 105 Å². The largest absolute Gasteiger partial charge is 0.478 e. The molecule has 0 aliphatic carbocycles. The number of methoxy groups -OCH3 is 1. The zero-order valence-electron chi connectivity index (χ0n) is 10.1. The average Bonchev–Trinajstić information content (AvgIpc) is 2.36. The van der Waals surface area contributed by atoms with Crippen LogP contribution in [-0.4, -0.2) is 36.7 Å². The van der Waals surface area contributed by atoms with Crippen LogP contribution in [0.1, 0.15) is 15.9 Å². The quantitative estimate of drug-likeness (QED) is 0.660. The summed E-state index contributed by atoms with van der Waals surface area (Å²) in [6.45, 7) is 0.458. The highest BCUT2D eigenvalue weighted by molar-refractivity contribution is 5.87. The van der Waals surface area contributed by atoms with Crippen molar-refractivity contribution < 1.29 is 19.4 Å². The molecule has 1 aromatic carbocycles. The molecule has 6 heteroatoms. The predicted molar refractivity (Wildman–Crippen MR) is 65.1 cm³/mol. The second-order valence-corrected chi connectivity index (χ2v) is 3.78. The van der Waals surface area contributed by atoms with Gasteiger partial charge in [0.05, 0.1) is 12.2 Å². The fourth-order valence-electron chi connectivity index (χ4n) is 1.34. The van der Waals surface area contributed by atoms with Crippen molar-refractivity contribution in [3.05, 3.63) is 35.4 Å². The summed E-state index contributed by atoms with van der Waals surface area (Å²) in [7, 11) is 1.47. The summed E-state index contributed by atoms with van der Waals surface area (Å²) in [5.41, 5.74) is 6.55. The molecule has 0 saturated heterocycles. The number of benzene rings is 1. The van der Waals surface area contributed by atoms with E-state index in [0.29, 0.717) is 6.54 Å². The van der Waals surface area contributed by atoms with Crippen molar-refractivity contribution in [2.24, 2.45) is 5.73 Å². The van der Waals surface area contributed by atoms with Gasteiger partial charge in [-0.25, -0.2) is 4.79 Å². The lowest BCUT2D eigenvalue weighted by Gasteiger charge is -2.11. The van der Waals surface area contributed by atoms with E-state index in [2.05, 4.69) is 5.32 Å². The Morgan fingerprint density at radius 1 is 1.39 bits per heavy atom. The number of nitrogens with one attached hydrogen (secondary N) is 1. The molecule has 1 rings (SSSR count). The molecule has 0 aromatic heterocycles. The summed E-state index contributed by atoms with van der Waals surface area (Å²) in [6.07, 6.45) is 0. The minimum Gasteiger partial charge on any atom is -0.478 e. The molecular weight excluding hydrogens is 236 g/mol. The van der Waals surface area contributed by atoms with E-state index in [-0.39, 0.29) is 18.1 Å². The molecule has 0 aliphatic heterocycles. The van der Waals surface area contributed by atoms with E-state index in [4.69, 9.17) is 15.6 Å². The normalized spacial score (nSPS) is 11.9. The van der Waals surface area contributed by atoms with E-state index in [1.807, 2.05) is 0 Å². The number of carboxylic acid groups (broad SMARTS) is 1. The van der Waals surface area contributed by atoms with Crippen LogP contribution in [0.25, 0.3) is 0 Å². The molecule has 0 heterocycles. The maximum absolute atomic E-state index is 11.5. The number of rotatable bonds is 6. The molecule has 98 valence electrons. The van der Waals surface area contributed by atoms with E-state index >= 15 is 0 Å². The second kappa shape index (κ2) is 6.73. The maximum atomic E-state index is 11.5. The predicted octanol–water partition coefficient (Wildman–Crippen LogP) is -0.0253. The maximum Gasteiger partial charge on any atom is 0.335 e. The summed E-state index contributed by atoms with van der Waals surface area (Å²) < 4.78 is 4.77. The van der Waals surface area contributed by atoms with Gasteiger partial charge in [-0.3, -0.25) is 4.79 Å². The zero-order chi connectivity index (χ0) is 13.5. The lowest BCUT2D eigenvalue weighted by molar-refractivity contribution is -0.123. The van der Waals surface area contributed by atoms with Crippen molar-refractivity contribution in [2.45, 2.75) is 12.6 Å². The van der Waals surface area contributed by atoms with E-state index in [9.17, 15) is 9.59 Å². The smallest absolute Gasteiger partial charge is 0.335 e.